The van der Waals surface area contributed by atoms with Crippen LogP contribution < -0.4 is 5.32 Å². The molecule has 0 radical (unpaired) electrons. The highest BCUT2D eigenvalue weighted by atomic mass is 28.4. The normalized spacial score (nSPS) is 22.7. The van der Waals surface area contributed by atoms with E-state index in [4.69, 9.17) is 13.9 Å². The minimum atomic E-state index is -1.51. The molecular weight excluding hydrogens is 356 g/mol. The zero-order chi connectivity index (χ0) is 19.8. The molecule has 2 fully saturated rings. The fourth-order valence-electron chi connectivity index (χ4n) is 4.53. The first-order chi connectivity index (χ1) is 13.1. The van der Waals surface area contributed by atoms with Crippen LogP contribution in [0.1, 0.15) is 52.9 Å². The van der Waals surface area contributed by atoms with E-state index in [0.29, 0.717) is 11.5 Å². The maximum atomic E-state index is 6.99. The molecule has 1 aliphatic heterocycles. The molecule has 6 heteroatoms. The summed E-state index contributed by atoms with van der Waals surface area (Å²) in [6, 6.07) is 3.80. The van der Waals surface area contributed by atoms with Gasteiger partial charge in [0.05, 0.1) is 6.10 Å². The fraction of sp³-hybridized carbons (Fsp3) is 1.00. The number of likely N-dealkylation sites (tertiary alicyclic amines) is 1. The summed E-state index contributed by atoms with van der Waals surface area (Å²) in [5.74, 6) is 0. The van der Waals surface area contributed by atoms with Gasteiger partial charge in [0, 0.05) is 27.3 Å². The van der Waals surface area contributed by atoms with Crippen molar-refractivity contribution >= 4 is 8.32 Å². The third-order valence-corrected chi connectivity index (χ3v) is 11.8. The van der Waals surface area contributed by atoms with Crippen LogP contribution in [0.3, 0.4) is 0 Å². The fourth-order valence-corrected chi connectivity index (χ4v) is 7.46. The lowest BCUT2D eigenvalue weighted by atomic mass is 9.90. The number of ether oxygens (including phenoxy) is 2. The summed E-state index contributed by atoms with van der Waals surface area (Å²) >= 11 is 0. The van der Waals surface area contributed by atoms with Crippen molar-refractivity contribution in [2.45, 2.75) is 83.4 Å². The molecule has 0 aromatic carbocycles. The Labute approximate surface area is 168 Å². The lowest BCUT2D eigenvalue weighted by Crippen LogP contribution is -2.52. The molecule has 2 rings (SSSR count). The Morgan fingerprint density at radius 1 is 1.04 bits per heavy atom. The molecule has 1 heterocycles. The van der Waals surface area contributed by atoms with Crippen molar-refractivity contribution in [3.63, 3.8) is 0 Å². The van der Waals surface area contributed by atoms with Crippen LogP contribution >= 0.6 is 0 Å². The van der Waals surface area contributed by atoms with Crippen molar-refractivity contribution in [1.82, 2.24) is 10.2 Å². The van der Waals surface area contributed by atoms with Gasteiger partial charge in [0.15, 0.2) is 14.6 Å². The predicted octanol–water partition coefficient (Wildman–Crippen LogP) is 3.85. The molecule has 1 saturated heterocycles. The summed E-state index contributed by atoms with van der Waals surface area (Å²) in [7, 11) is 1.86. The van der Waals surface area contributed by atoms with E-state index < -0.39 is 8.32 Å². The van der Waals surface area contributed by atoms with E-state index in [1.54, 1.807) is 14.2 Å². The van der Waals surface area contributed by atoms with Crippen molar-refractivity contribution in [2.24, 2.45) is 5.41 Å². The van der Waals surface area contributed by atoms with E-state index in [9.17, 15) is 0 Å². The van der Waals surface area contributed by atoms with Crippen LogP contribution in [0.4, 0.5) is 0 Å². The van der Waals surface area contributed by atoms with E-state index in [0.717, 1.165) is 19.6 Å². The molecule has 0 amide bonds. The lowest BCUT2D eigenvalue weighted by Gasteiger charge is -2.44. The first-order valence-corrected chi connectivity index (χ1v) is 13.8. The van der Waals surface area contributed by atoms with Crippen molar-refractivity contribution in [3.05, 3.63) is 0 Å². The predicted molar refractivity (Wildman–Crippen MR) is 115 cm³/mol. The summed E-state index contributed by atoms with van der Waals surface area (Å²) in [6.45, 7) is 12.5. The van der Waals surface area contributed by atoms with Gasteiger partial charge in [0.25, 0.3) is 0 Å². The molecule has 0 aromatic rings. The van der Waals surface area contributed by atoms with Crippen LogP contribution in [-0.4, -0.2) is 72.6 Å². The highest BCUT2D eigenvalue weighted by Gasteiger charge is 2.54. The highest BCUT2D eigenvalue weighted by molar-refractivity contribution is 6.73. The molecule has 1 saturated carbocycles. The minimum absolute atomic E-state index is 0.139. The Balaban J connectivity index is 1.71. The van der Waals surface area contributed by atoms with Gasteiger partial charge >= 0.3 is 0 Å². The largest absolute Gasteiger partial charge is 0.412 e. The molecule has 0 aromatic heterocycles. The quantitative estimate of drug-likeness (QED) is 0.272. The molecule has 1 N–H and O–H groups in total. The van der Waals surface area contributed by atoms with Crippen LogP contribution in [-0.2, 0) is 13.9 Å². The molecule has 27 heavy (non-hydrogen) atoms. The third-order valence-electron chi connectivity index (χ3n) is 7.17. The lowest BCUT2D eigenvalue weighted by molar-refractivity contribution is -0.0986. The van der Waals surface area contributed by atoms with Crippen LogP contribution in [0.2, 0.25) is 18.1 Å². The Morgan fingerprint density at radius 2 is 1.70 bits per heavy atom. The van der Waals surface area contributed by atoms with Gasteiger partial charge in [-0.3, -0.25) is 0 Å². The average molecular weight is 401 g/mol. The first kappa shape index (κ1) is 23.3. The van der Waals surface area contributed by atoms with Crippen molar-refractivity contribution < 1.29 is 13.9 Å². The Kier molecular flexibility index (Phi) is 9.72. The standard InChI is InChI=1S/C21H44N2O3Si/c1-6-27(7-2,8-3)26-19-18-23(16-13-21(19)11-12-21)15-10-9-14-22-17-20(24-4)25-5/h19-20,22H,6-18H2,1-5H3/t19-/m1/s1. The maximum Gasteiger partial charge on any atom is 0.192 e. The van der Waals surface area contributed by atoms with Crippen LogP contribution in [0, 0.1) is 5.41 Å². The third kappa shape index (κ3) is 6.51. The van der Waals surface area contributed by atoms with E-state index in [-0.39, 0.29) is 6.29 Å². The number of rotatable bonds is 14. The van der Waals surface area contributed by atoms with E-state index in [1.165, 1.54) is 63.3 Å². The van der Waals surface area contributed by atoms with Crippen LogP contribution in [0.25, 0.3) is 0 Å². The van der Waals surface area contributed by atoms with Gasteiger partial charge in [0.2, 0.25) is 0 Å². The Morgan fingerprint density at radius 3 is 2.26 bits per heavy atom. The summed E-state index contributed by atoms with van der Waals surface area (Å²) in [6.07, 6.45) is 6.95. The van der Waals surface area contributed by atoms with E-state index in [2.05, 4.69) is 31.0 Å². The second-order valence-electron chi connectivity index (χ2n) is 8.58. The molecule has 160 valence electrons. The van der Waals surface area contributed by atoms with Crippen molar-refractivity contribution in [1.29, 1.82) is 0 Å². The van der Waals surface area contributed by atoms with Gasteiger partial charge in [-0.2, -0.15) is 0 Å². The SMILES string of the molecule is CC[Si](CC)(CC)O[C@@H]1CN(CCCCNCC(OC)OC)CCC12CC2. The monoisotopic (exact) mass is 400 g/mol. The Hall–Kier alpha value is 0.0169. The molecule has 1 atom stereocenters. The van der Waals surface area contributed by atoms with Gasteiger partial charge in [-0.15, -0.1) is 0 Å². The minimum Gasteiger partial charge on any atom is -0.412 e. The summed E-state index contributed by atoms with van der Waals surface area (Å²) < 4.78 is 17.4. The molecule has 1 aliphatic carbocycles. The molecule has 5 nitrogen and oxygen atoms in total. The van der Waals surface area contributed by atoms with Crippen LogP contribution in [0.15, 0.2) is 0 Å². The first-order valence-electron chi connectivity index (χ1n) is 11.2. The van der Waals surface area contributed by atoms with Gasteiger partial charge < -0.3 is 24.1 Å². The van der Waals surface area contributed by atoms with E-state index >= 15 is 0 Å². The number of hydrogen-bond donors (Lipinski definition) is 1. The molecular formula is C21H44N2O3Si. The number of nitrogens with one attached hydrogen (secondary N) is 1. The van der Waals surface area contributed by atoms with Gasteiger partial charge in [-0.25, -0.2) is 0 Å². The van der Waals surface area contributed by atoms with Gasteiger partial charge in [0.1, 0.15) is 0 Å². The highest BCUT2D eigenvalue weighted by Crippen LogP contribution is 2.55. The smallest absolute Gasteiger partial charge is 0.192 e. The topological polar surface area (TPSA) is 43.0 Å². The molecule has 0 unspecified atom stereocenters. The van der Waals surface area contributed by atoms with Crippen LogP contribution in [0.5, 0.6) is 0 Å². The molecule has 2 aliphatic rings. The van der Waals surface area contributed by atoms with Gasteiger partial charge in [-0.1, -0.05) is 20.8 Å². The zero-order valence-corrected chi connectivity index (χ0v) is 19.5. The molecule has 1 spiro atoms. The second kappa shape index (κ2) is 11.3. The van der Waals surface area contributed by atoms with Crippen molar-refractivity contribution in [3.8, 4) is 0 Å². The Bertz CT molecular complexity index is 404. The summed E-state index contributed by atoms with van der Waals surface area (Å²) in [5, 5.41) is 3.42. The number of methoxy groups -OCH3 is 2. The average Bonchev–Trinajstić information content (AvgIpc) is 3.48. The second-order valence-corrected chi connectivity index (χ2v) is 13.3. The number of hydrogen-bond acceptors (Lipinski definition) is 5. The summed E-state index contributed by atoms with van der Waals surface area (Å²) in [5.41, 5.74) is 0.547. The number of unbranched alkanes of at least 4 members (excludes halogenated alkanes) is 1. The van der Waals surface area contributed by atoms with E-state index in [1.807, 2.05) is 0 Å². The van der Waals surface area contributed by atoms with Gasteiger partial charge in [-0.05, 0) is 75.3 Å². The molecule has 0 bridgehead atoms. The zero-order valence-electron chi connectivity index (χ0n) is 18.5. The summed E-state index contributed by atoms with van der Waals surface area (Å²) in [4.78, 5) is 2.67. The maximum absolute atomic E-state index is 6.99. The number of piperidine rings is 1. The van der Waals surface area contributed by atoms with Crippen molar-refractivity contribution in [2.75, 3.05) is 46.9 Å². The number of nitrogens with zero attached hydrogens (tertiary/aromatic N) is 1.